The first-order valence-corrected chi connectivity index (χ1v) is 8.47. The van der Waals surface area contributed by atoms with Gasteiger partial charge in [0.1, 0.15) is 0 Å². The molecule has 1 amide bonds. The van der Waals surface area contributed by atoms with E-state index in [4.69, 9.17) is 9.47 Å². The molecule has 9 heteroatoms. The molecule has 146 valence electrons. The smallest absolute Gasteiger partial charge is 0.251 e. The summed E-state index contributed by atoms with van der Waals surface area (Å²) in [6.45, 7) is 6.12. The van der Waals surface area contributed by atoms with Gasteiger partial charge in [0.05, 0.1) is 14.2 Å². The number of aromatic nitrogens is 2. The molecule has 1 aromatic rings. The number of halogens is 2. The van der Waals surface area contributed by atoms with E-state index in [0.29, 0.717) is 6.42 Å². The minimum absolute atomic E-state index is 0.131. The van der Waals surface area contributed by atoms with Crippen LogP contribution in [0.1, 0.15) is 40.0 Å². The van der Waals surface area contributed by atoms with E-state index < -0.39 is 5.92 Å². The van der Waals surface area contributed by atoms with Gasteiger partial charge >= 0.3 is 0 Å². The van der Waals surface area contributed by atoms with Crippen LogP contribution in [0, 0.1) is 5.41 Å². The van der Waals surface area contributed by atoms with Gasteiger partial charge in [-0.15, -0.1) is 0 Å². The lowest BCUT2D eigenvalue weighted by atomic mass is 9.92. The SMILES string of the molecule is COc1nc(N2CCC(F)(F)CC2)nc(OC)c1NC(=O)CC(C)(C)C. The summed E-state index contributed by atoms with van der Waals surface area (Å²) in [7, 11) is 2.82. The number of piperidine rings is 1. The number of anilines is 2. The molecule has 26 heavy (non-hydrogen) atoms. The van der Waals surface area contributed by atoms with Gasteiger partial charge in [-0.2, -0.15) is 9.97 Å². The van der Waals surface area contributed by atoms with Gasteiger partial charge in [-0.1, -0.05) is 20.8 Å². The van der Waals surface area contributed by atoms with Gasteiger partial charge in [-0.25, -0.2) is 8.78 Å². The highest BCUT2D eigenvalue weighted by atomic mass is 19.3. The van der Waals surface area contributed by atoms with E-state index in [9.17, 15) is 13.6 Å². The van der Waals surface area contributed by atoms with Crippen molar-refractivity contribution < 1.29 is 23.0 Å². The van der Waals surface area contributed by atoms with Crippen molar-refractivity contribution in [1.82, 2.24) is 9.97 Å². The summed E-state index contributed by atoms with van der Waals surface area (Å²) in [6.07, 6.45) is -0.224. The van der Waals surface area contributed by atoms with Crippen molar-refractivity contribution in [3.63, 3.8) is 0 Å². The van der Waals surface area contributed by atoms with Gasteiger partial charge < -0.3 is 19.7 Å². The Bertz CT molecular complexity index is 627. The van der Waals surface area contributed by atoms with Crippen LogP contribution < -0.4 is 19.7 Å². The van der Waals surface area contributed by atoms with E-state index in [2.05, 4.69) is 15.3 Å². The van der Waals surface area contributed by atoms with Crippen molar-refractivity contribution in [3.8, 4) is 11.8 Å². The predicted octanol–water partition coefficient (Wildman–Crippen LogP) is 3.10. The van der Waals surface area contributed by atoms with Gasteiger partial charge in [0.25, 0.3) is 5.92 Å². The molecular weight excluding hydrogens is 346 g/mol. The average molecular weight is 372 g/mol. The Hall–Kier alpha value is -2.19. The molecule has 1 aromatic heterocycles. The molecule has 0 saturated carbocycles. The summed E-state index contributed by atoms with van der Waals surface area (Å²) in [5.74, 6) is -2.38. The molecule has 0 unspecified atom stereocenters. The second-order valence-corrected chi connectivity index (χ2v) is 7.55. The highest BCUT2D eigenvalue weighted by Crippen LogP contribution is 2.36. The van der Waals surface area contributed by atoms with E-state index in [0.717, 1.165) is 0 Å². The van der Waals surface area contributed by atoms with Gasteiger partial charge in [0.2, 0.25) is 23.6 Å². The zero-order valence-corrected chi connectivity index (χ0v) is 15.9. The first kappa shape index (κ1) is 20.1. The van der Waals surface area contributed by atoms with Crippen molar-refractivity contribution >= 4 is 17.5 Å². The van der Waals surface area contributed by atoms with Gasteiger partial charge in [0.15, 0.2) is 5.69 Å². The zero-order chi connectivity index (χ0) is 19.5. The third-order valence-corrected chi connectivity index (χ3v) is 3.95. The average Bonchev–Trinajstić information content (AvgIpc) is 2.53. The first-order chi connectivity index (χ1) is 12.0. The highest BCUT2D eigenvalue weighted by molar-refractivity contribution is 5.93. The number of ether oxygens (including phenoxy) is 2. The molecule has 2 heterocycles. The Kier molecular flexibility index (Phi) is 5.87. The molecule has 0 aliphatic carbocycles. The molecule has 1 aliphatic heterocycles. The number of alkyl halides is 2. The number of rotatable bonds is 5. The molecule has 0 bridgehead atoms. The monoisotopic (exact) mass is 372 g/mol. The topological polar surface area (TPSA) is 76.6 Å². The largest absolute Gasteiger partial charge is 0.479 e. The summed E-state index contributed by atoms with van der Waals surface area (Å²) in [6, 6.07) is 0. The quantitative estimate of drug-likeness (QED) is 0.856. The van der Waals surface area contributed by atoms with Crippen molar-refractivity contribution in [1.29, 1.82) is 0 Å². The summed E-state index contributed by atoms with van der Waals surface area (Å²) in [4.78, 5) is 22.5. The Morgan fingerprint density at radius 1 is 1.15 bits per heavy atom. The van der Waals surface area contributed by atoms with Crippen molar-refractivity contribution in [3.05, 3.63) is 0 Å². The second-order valence-electron chi connectivity index (χ2n) is 7.55. The van der Waals surface area contributed by atoms with Crippen molar-refractivity contribution in [2.24, 2.45) is 5.41 Å². The van der Waals surface area contributed by atoms with E-state index in [-0.39, 0.29) is 60.6 Å². The summed E-state index contributed by atoms with van der Waals surface area (Å²) < 4.78 is 37.3. The summed E-state index contributed by atoms with van der Waals surface area (Å²) in [5, 5.41) is 2.73. The van der Waals surface area contributed by atoms with E-state index in [1.807, 2.05) is 20.8 Å². The maximum atomic E-state index is 13.4. The second kappa shape index (κ2) is 7.59. The van der Waals surface area contributed by atoms with Crippen LogP contribution in [0.25, 0.3) is 0 Å². The van der Waals surface area contributed by atoms with Crippen LogP contribution in [0.15, 0.2) is 0 Å². The number of amides is 1. The van der Waals surface area contributed by atoms with Crippen LogP contribution in [0.3, 0.4) is 0 Å². The number of hydrogen-bond donors (Lipinski definition) is 1. The minimum Gasteiger partial charge on any atom is -0.479 e. The first-order valence-electron chi connectivity index (χ1n) is 8.47. The van der Waals surface area contributed by atoms with Gasteiger partial charge in [-0.3, -0.25) is 4.79 Å². The number of carbonyl (C=O) groups excluding carboxylic acids is 1. The molecule has 2 rings (SSSR count). The fourth-order valence-electron chi connectivity index (χ4n) is 2.65. The Balaban J connectivity index is 2.26. The molecule has 0 aromatic carbocycles. The lowest BCUT2D eigenvalue weighted by Crippen LogP contribution is -2.40. The molecule has 0 radical (unpaired) electrons. The number of hydrogen-bond acceptors (Lipinski definition) is 6. The molecule has 0 atom stereocenters. The standard InChI is InChI=1S/C17H26F2N4O3/c1-16(2,3)10-11(24)20-12-13(25-4)21-15(22-14(12)26-5)23-8-6-17(18,19)7-9-23/h6-10H2,1-5H3,(H,20,24). The molecule has 1 N–H and O–H groups in total. The fourth-order valence-corrected chi connectivity index (χ4v) is 2.65. The molecule has 7 nitrogen and oxygen atoms in total. The van der Waals surface area contributed by atoms with E-state index in [1.165, 1.54) is 14.2 Å². The predicted molar refractivity (Wildman–Crippen MR) is 94.2 cm³/mol. The molecule has 0 spiro atoms. The van der Waals surface area contributed by atoms with Crippen molar-refractivity contribution in [2.45, 2.75) is 46.0 Å². The maximum Gasteiger partial charge on any atom is 0.251 e. The zero-order valence-electron chi connectivity index (χ0n) is 15.9. The number of carbonyl (C=O) groups is 1. The van der Waals surface area contributed by atoms with Crippen LogP contribution >= 0.6 is 0 Å². The third-order valence-electron chi connectivity index (χ3n) is 3.95. The highest BCUT2D eigenvalue weighted by Gasteiger charge is 2.35. The lowest BCUT2D eigenvalue weighted by Gasteiger charge is -2.32. The lowest BCUT2D eigenvalue weighted by molar-refractivity contribution is -0.117. The number of nitrogens with one attached hydrogen (secondary N) is 1. The summed E-state index contributed by atoms with van der Waals surface area (Å²) >= 11 is 0. The van der Waals surface area contributed by atoms with Gasteiger partial charge in [-0.05, 0) is 5.41 Å². The van der Waals surface area contributed by atoms with Crippen LogP contribution in [0.4, 0.5) is 20.4 Å². The summed E-state index contributed by atoms with van der Waals surface area (Å²) in [5.41, 5.74) is 0.0417. The Morgan fingerprint density at radius 2 is 1.65 bits per heavy atom. The maximum absolute atomic E-state index is 13.4. The van der Waals surface area contributed by atoms with Crippen molar-refractivity contribution in [2.75, 3.05) is 37.5 Å². The Morgan fingerprint density at radius 3 is 2.08 bits per heavy atom. The van der Waals surface area contributed by atoms with E-state index in [1.54, 1.807) is 4.90 Å². The Labute approximate surface area is 152 Å². The fraction of sp³-hybridized carbons (Fsp3) is 0.706. The van der Waals surface area contributed by atoms with Gasteiger partial charge in [0, 0.05) is 32.4 Å². The molecule has 1 saturated heterocycles. The van der Waals surface area contributed by atoms with E-state index >= 15 is 0 Å². The molecule has 1 aliphatic rings. The van der Waals surface area contributed by atoms with Crippen LogP contribution in [0.2, 0.25) is 0 Å². The number of methoxy groups -OCH3 is 2. The number of nitrogens with zero attached hydrogens (tertiary/aromatic N) is 3. The minimum atomic E-state index is -2.66. The van der Waals surface area contributed by atoms with Crippen LogP contribution in [0.5, 0.6) is 11.8 Å². The van der Waals surface area contributed by atoms with Crippen LogP contribution in [-0.2, 0) is 4.79 Å². The normalized spacial score (nSPS) is 17.0. The third kappa shape index (κ3) is 5.15. The molecular formula is C17H26F2N4O3. The van der Waals surface area contributed by atoms with Crippen LogP contribution in [-0.4, -0.2) is 49.1 Å². The molecule has 1 fully saturated rings.